The maximum Gasteiger partial charge on any atom is 0.188 e. The molecule has 1 aromatic heterocycles. The van der Waals surface area contributed by atoms with Crippen molar-refractivity contribution >= 4 is 11.5 Å². The summed E-state index contributed by atoms with van der Waals surface area (Å²) in [5.41, 5.74) is 6.81. The van der Waals surface area contributed by atoms with Crippen LogP contribution in [0.15, 0.2) is 23.5 Å². The molecule has 0 aromatic carbocycles. The second-order valence-corrected chi connectivity index (χ2v) is 4.53. The van der Waals surface area contributed by atoms with Crippen molar-refractivity contribution in [3.05, 3.63) is 24.0 Å². The minimum absolute atomic E-state index is 0.00114. The van der Waals surface area contributed by atoms with Crippen LogP contribution in [0.5, 0.6) is 0 Å². The molecule has 1 saturated heterocycles. The van der Waals surface area contributed by atoms with E-state index in [4.69, 9.17) is 20.8 Å². The molecular weight excluding hydrogens is 248 g/mol. The lowest BCUT2D eigenvalue weighted by Gasteiger charge is -2.38. The van der Waals surface area contributed by atoms with Gasteiger partial charge in [0.2, 0.25) is 0 Å². The highest BCUT2D eigenvalue weighted by molar-refractivity contribution is 5.95. The highest BCUT2D eigenvalue weighted by atomic mass is 16.5. The van der Waals surface area contributed by atoms with Crippen LogP contribution in [0.25, 0.3) is 0 Å². The number of morpholine rings is 1. The number of anilines is 1. The molecule has 2 unspecified atom stereocenters. The van der Waals surface area contributed by atoms with Crippen LogP contribution in [0.3, 0.4) is 0 Å². The number of ether oxygens (including phenoxy) is 1. The van der Waals surface area contributed by atoms with E-state index in [-0.39, 0.29) is 24.6 Å². The molecule has 0 amide bonds. The van der Waals surface area contributed by atoms with Crippen molar-refractivity contribution in [3.8, 4) is 0 Å². The topological polar surface area (TPSA) is 104 Å². The number of hydrogen-bond acceptors (Lipinski definition) is 6. The second-order valence-electron chi connectivity index (χ2n) is 4.53. The molecule has 0 bridgehead atoms. The zero-order valence-corrected chi connectivity index (χ0v) is 10.7. The van der Waals surface area contributed by atoms with Crippen LogP contribution in [-0.4, -0.2) is 53.0 Å². The number of pyridine rings is 1. The predicted octanol–water partition coefficient (Wildman–Crippen LogP) is -0.238. The van der Waals surface area contributed by atoms with Gasteiger partial charge in [-0.3, -0.25) is 4.98 Å². The number of aliphatic hydroxyl groups is 1. The number of nitrogens with zero attached hydrogens (tertiary/aromatic N) is 3. The van der Waals surface area contributed by atoms with Crippen LogP contribution in [0, 0.1) is 0 Å². The van der Waals surface area contributed by atoms with Crippen LogP contribution in [0.1, 0.15) is 12.6 Å². The van der Waals surface area contributed by atoms with E-state index in [1.165, 1.54) is 0 Å². The third-order valence-electron chi connectivity index (χ3n) is 3.16. The average Bonchev–Trinajstić information content (AvgIpc) is 2.47. The fraction of sp³-hybridized carbons (Fsp3) is 0.500. The van der Waals surface area contributed by atoms with Gasteiger partial charge in [0, 0.05) is 12.6 Å². The van der Waals surface area contributed by atoms with Gasteiger partial charge in [-0.05, 0) is 19.1 Å². The van der Waals surface area contributed by atoms with E-state index in [2.05, 4.69) is 15.0 Å². The Morgan fingerprint density at radius 2 is 2.42 bits per heavy atom. The fourth-order valence-corrected chi connectivity index (χ4v) is 2.05. The molecule has 1 fully saturated rings. The Morgan fingerprint density at radius 1 is 1.63 bits per heavy atom. The molecule has 7 nitrogen and oxygen atoms in total. The lowest BCUT2D eigenvalue weighted by molar-refractivity contribution is -0.0103. The first-order valence-electron chi connectivity index (χ1n) is 6.08. The highest BCUT2D eigenvalue weighted by Crippen LogP contribution is 2.21. The van der Waals surface area contributed by atoms with Crippen LogP contribution in [0.4, 0.5) is 5.69 Å². The molecule has 7 heteroatoms. The highest BCUT2D eigenvalue weighted by Gasteiger charge is 2.25. The number of aliphatic hydroxyl groups excluding tert-OH is 1. The largest absolute Gasteiger partial charge is 0.409 e. The summed E-state index contributed by atoms with van der Waals surface area (Å²) in [6, 6.07) is 3.76. The first-order valence-corrected chi connectivity index (χ1v) is 6.08. The number of nitrogens with two attached hydrogens (primary N) is 1. The van der Waals surface area contributed by atoms with Gasteiger partial charge < -0.3 is 25.7 Å². The average molecular weight is 266 g/mol. The minimum Gasteiger partial charge on any atom is -0.409 e. The lowest BCUT2D eigenvalue weighted by atomic mass is 10.1. The summed E-state index contributed by atoms with van der Waals surface area (Å²) in [4.78, 5) is 6.27. The van der Waals surface area contributed by atoms with Crippen molar-refractivity contribution in [2.75, 3.05) is 24.7 Å². The second kappa shape index (κ2) is 5.85. The zero-order valence-electron chi connectivity index (χ0n) is 10.7. The molecule has 0 aliphatic carbocycles. The van der Waals surface area contributed by atoms with Crippen molar-refractivity contribution in [2.45, 2.75) is 19.1 Å². The normalized spacial score (nSPS) is 24.5. The van der Waals surface area contributed by atoms with Crippen LogP contribution in [0.2, 0.25) is 0 Å². The molecule has 2 rings (SSSR count). The quantitative estimate of drug-likeness (QED) is 0.302. The van der Waals surface area contributed by atoms with Gasteiger partial charge >= 0.3 is 0 Å². The van der Waals surface area contributed by atoms with E-state index >= 15 is 0 Å². The Hall–Kier alpha value is -1.86. The Labute approximate surface area is 111 Å². The van der Waals surface area contributed by atoms with E-state index in [1.807, 2.05) is 13.0 Å². The molecule has 2 atom stereocenters. The number of amidine groups is 1. The third kappa shape index (κ3) is 2.94. The summed E-state index contributed by atoms with van der Waals surface area (Å²) in [6.07, 6.45) is 1.49. The summed E-state index contributed by atoms with van der Waals surface area (Å²) < 4.78 is 5.49. The zero-order chi connectivity index (χ0) is 13.8. The van der Waals surface area contributed by atoms with Gasteiger partial charge in [-0.25, -0.2) is 0 Å². The molecular formula is C12H18N4O3. The van der Waals surface area contributed by atoms with Crippen molar-refractivity contribution in [3.63, 3.8) is 0 Å². The summed E-state index contributed by atoms with van der Waals surface area (Å²) in [5, 5.41) is 20.7. The summed E-state index contributed by atoms with van der Waals surface area (Å²) in [5.74, 6) is -0.0187. The summed E-state index contributed by atoms with van der Waals surface area (Å²) >= 11 is 0. The number of hydrogen-bond donors (Lipinski definition) is 3. The van der Waals surface area contributed by atoms with E-state index < -0.39 is 0 Å². The summed E-state index contributed by atoms with van der Waals surface area (Å²) in [7, 11) is 0. The van der Waals surface area contributed by atoms with E-state index in [1.54, 1.807) is 12.3 Å². The molecule has 2 heterocycles. The van der Waals surface area contributed by atoms with E-state index in [9.17, 15) is 0 Å². The van der Waals surface area contributed by atoms with Gasteiger partial charge in [0.25, 0.3) is 0 Å². The fourth-order valence-electron chi connectivity index (χ4n) is 2.05. The van der Waals surface area contributed by atoms with Gasteiger partial charge in [-0.1, -0.05) is 5.16 Å². The van der Waals surface area contributed by atoms with E-state index in [0.717, 1.165) is 5.69 Å². The monoisotopic (exact) mass is 266 g/mol. The number of aromatic nitrogens is 1. The molecule has 1 aromatic rings. The number of oxime groups is 1. The molecule has 4 N–H and O–H groups in total. The molecule has 0 saturated carbocycles. The summed E-state index contributed by atoms with van der Waals surface area (Å²) in [6.45, 7) is 3.22. The van der Waals surface area contributed by atoms with Crippen LogP contribution >= 0.6 is 0 Å². The molecule has 0 radical (unpaired) electrons. The van der Waals surface area contributed by atoms with Crippen LogP contribution < -0.4 is 10.6 Å². The van der Waals surface area contributed by atoms with Gasteiger partial charge in [-0.2, -0.15) is 0 Å². The maximum absolute atomic E-state index is 9.16. The Kier molecular flexibility index (Phi) is 4.18. The van der Waals surface area contributed by atoms with Crippen molar-refractivity contribution < 1.29 is 15.1 Å². The van der Waals surface area contributed by atoms with Crippen LogP contribution in [-0.2, 0) is 4.74 Å². The molecule has 1 aliphatic heterocycles. The lowest BCUT2D eigenvalue weighted by Crippen LogP contribution is -2.49. The van der Waals surface area contributed by atoms with Crippen molar-refractivity contribution in [1.82, 2.24) is 4.98 Å². The minimum atomic E-state index is -0.181. The van der Waals surface area contributed by atoms with Crippen molar-refractivity contribution in [1.29, 1.82) is 0 Å². The van der Waals surface area contributed by atoms with Gasteiger partial charge in [0.1, 0.15) is 5.69 Å². The van der Waals surface area contributed by atoms with Gasteiger partial charge in [0.05, 0.1) is 31.2 Å². The Bertz CT molecular complexity index is 449. The maximum atomic E-state index is 9.16. The third-order valence-corrected chi connectivity index (χ3v) is 3.16. The first-order chi connectivity index (χ1) is 9.15. The Balaban J connectivity index is 2.16. The smallest absolute Gasteiger partial charge is 0.188 e. The molecule has 0 spiro atoms. The van der Waals surface area contributed by atoms with E-state index in [0.29, 0.717) is 18.8 Å². The number of rotatable bonds is 3. The van der Waals surface area contributed by atoms with Crippen molar-refractivity contribution in [2.24, 2.45) is 10.9 Å². The predicted molar refractivity (Wildman–Crippen MR) is 70.4 cm³/mol. The van der Waals surface area contributed by atoms with Gasteiger partial charge in [0.15, 0.2) is 5.84 Å². The SMILES string of the molecule is CC1COC(CO)CN1c1ccc(/C(N)=N/O)nc1. The Morgan fingerprint density at radius 3 is 3.00 bits per heavy atom. The van der Waals surface area contributed by atoms with Gasteiger partial charge in [-0.15, -0.1) is 0 Å². The molecule has 1 aliphatic rings. The standard InChI is InChI=1S/C12H18N4O3/c1-8-7-19-10(6-17)5-16(8)9-2-3-11(14-4-9)12(13)15-18/h2-4,8,10,17-18H,5-7H2,1H3,(H2,13,15). The molecule has 19 heavy (non-hydrogen) atoms. The first kappa shape index (κ1) is 13.6. The molecule has 104 valence electrons.